The van der Waals surface area contributed by atoms with E-state index < -0.39 is 0 Å². The van der Waals surface area contributed by atoms with Gasteiger partial charge in [0.05, 0.1) is 37.1 Å². The smallest absolute Gasteiger partial charge is 0.234 e. The van der Waals surface area contributed by atoms with Crippen LogP contribution in [0.2, 0.25) is 10.0 Å². The summed E-state index contributed by atoms with van der Waals surface area (Å²) in [4.78, 5) is 27.0. The highest BCUT2D eigenvalue weighted by atomic mass is 35.5. The largest absolute Gasteiger partial charge is 0.495 e. The number of nitrogens with one attached hydrogen (secondary N) is 2. The van der Waals surface area contributed by atoms with Gasteiger partial charge in [0, 0.05) is 19.8 Å². The molecule has 2 amide bonds. The van der Waals surface area contributed by atoms with Crippen molar-refractivity contribution in [2.75, 3.05) is 36.4 Å². The van der Waals surface area contributed by atoms with Crippen molar-refractivity contribution in [2.45, 2.75) is 9.79 Å². The summed E-state index contributed by atoms with van der Waals surface area (Å²) in [6, 6.07) is 25.7. The number of halogens is 2. The first kappa shape index (κ1) is 29.7. The van der Waals surface area contributed by atoms with Gasteiger partial charge in [0.25, 0.3) is 0 Å². The minimum absolute atomic E-state index is 0.151. The van der Waals surface area contributed by atoms with Gasteiger partial charge in [0.15, 0.2) is 0 Å². The van der Waals surface area contributed by atoms with Gasteiger partial charge in [-0.3, -0.25) is 9.59 Å². The second-order valence-corrected chi connectivity index (χ2v) is 11.4. The topological polar surface area (TPSA) is 76.7 Å². The van der Waals surface area contributed by atoms with Crippen molar-refractivity contribution in [3.05, 3.63) is 95.0 Å². The maximum Gasteiger partial charge on any atom is 0.234 e. The summed E-state index contributed by atoms with van der Waals surface area (Å²) in [5.41, 5.74) is 2.86. The van der Waals surface area contributed by atoms with E-state index in [2.05, 4.69) is 10.6 Å². The molecule has 0 saturated carbocycles. The zero-order valence-corrected chi connectivity index (χ0v) is 24.8. The lowest BCUT2D eigenvalue weighted by Crippen LogP contribution is -2.15. The Hall–Kier alpha value is -3.30. The van der Waals surface area contributed by atoms with Gasteiger partial charge in [0.2, 0.25) is 11.8 Å². The van der Waals surface area contributed by atoms with Gasteiger partial charge in [-0.2, -0.15) is 0 Å². The Morgan fingerprint density at radius 2 is 1.00 bits per heavy atom. The highest BCUT2D eigenvalue weighted by molar-refractivity contribution is 8.00. The van der Waals surface area contributed by atoms with Crippen LogP contribution in [0.1, 0.15) is 0 Å². The summed E-state index contributed by atoms with van der Waals surface area (Å²) in [6.45, 7) is 0. The van der Waals surface area contributed by atoms with Crippen LogP contribution in [0, 0.1) is 0 Å². The molecule has 0 aliphatic rings. The fourth-order valence-electron chi connectivity index (χ4n) is 3.68. The van der Waals surface area contributed by atoms with Gasteiger partial charge in [0.1, 0.15) is 11.5 Å². The quantitative estimate of drug-likeness (QED) is 0.166. The SMILES string of the molecule is COc1cc(-c2ccc(NC(=O)CSc3ccc(Cl)cc3)c(OC)c2)ccc1NC(=O)CSc1ccc(Cl)cc1. The zero-order chi connectivity index (χ0) is 28.5. The van der Waals surface area contributed by atoms with Crippen LogP contribution in [0.5, 0.6) is 11.5 Å². The molecule has 0 aliphatic carbocycles. The Labute approximate surface area is 251 Å². The molecule has 2 N–H and O–H groups in total. The molecule has 40 heavy (non-hydrogen) atoms. The van der Waals surface area contributed by atoms with Crippen molar-refractivity contribution < 1.29 is 19.1 Å². The Bertz CT molecular complexity index is 1370. The summed E-state index contributed by atoms with van der Waals surface area (Å²) >= 11 is 14.7. The zero-order valence-electron chi connectivity index (χ0n) is 21.7. The monoisotopic (exact) mass is 612 g/mol. The normalized spacial score (nSPS) is 10.6. The van der Waals surface area contributed by atoms with E-state index >= 15 is 0 Å². The second-order valence-electron chi connectivity index (χ2n) is 8.41. The molecular formula is C30H26Cl2N2O4S2. The third kappa shape index (κ3) is 8.35. The number of thioether (sulfide) groups is 2. The summed E-state index contributed by atoms with van der Waals surface area (Å²) < 4.78 is 11.1. The molecule has 4 aromatic carbocycles. The van der Waals surface area contributed by atoms with Crippen LogP contribution in [-0.4, -0.2) is 37.5 Å². The van der Waals surface area contributed by atoms with Crippen molar-refractivity contribution in [3.63, 3.8) is 0 Å². The van der Waals surface area contributed by atoms with Crippen molar-refractivity contribution in [2.24, 2.45) is 0 Å². The van der Waals surface area contributed by atoms with Gasteiger partial charge >= 0.3 is 0 Å². The minimum atomic E-state index is -0.151. The summed E-state index contributed by atoms with van der Waals surface area (Å²) in [6.07, 6.45) is 0. The predicted molar refractivity (Wildman–Crippen MR) is 167 cm³/mol. The molecule has 0 fully saturated rings. The molecule has 0 aliphatic heterocycles. The van der Waals surface area contributed by atoms with Crippen molar-refractivity contribution in [1.82, 2.24) is 0 Å². The molecule has 0 unspecified atom stereocenters. The molecule has 0 radical (unpaired) electrons. The van der Waals surface area contributed by atoms with Crippen LogP contribution < -0.4 is 20.1 Å². The fraction of sp³-hybridized carbons (Fsp3) is 0.133. The van der Waals surface area contributed by atoms with E-state index in [1.165, 1.54) is 23.5 Å². The summed E-state index contributed by atoms with van der Waals surface area (Å²) in [7, 11) is 3.11. The molecule has 0 heterocycles. The van der Waals surface area contributed by atoms with Crippen molar-refractivity contribution >= 4 is 69.9 Å². The first-order chi connectivity index (χ1) is 19.3. The summed E-state index contributed by atoms with van der Waals surface area (Å²) in [5.74, 6) is 1.24. The van der Waals surface area contributed by atoms with Gasteiger partial charge < -0.3 is 20.1 Å². The van der Waals surface area contributed by atoms with E-state index in [0.29, 0.717) is 32.9 Å². The Morgan fingerprint density at radius 1 is 0.625 bits per heavy atom. The van der Waals surface area contributed by atoms with Crippen LogP contribution in [0.15, 0.2) is 94.7 Å². The molecule has 4 rings (SSSR count). The van der Waals surface area contributed by atoms with E-state index in [9.17, 15) is 9.59 Å². The molecule has 206 valence electrons. The number of ether oxygens (including phenoxy) is 2. The van der Waals surface area contributed by atoms with Gasteiger partial charge in [-0.1, -0.05) is 35.3 Å². The van der Waals surface area contributed by atoms with Crippen molar-refractivity contribution in [3.8, 4) is 22.6 Å². The van der Waals surface area contributed by atoms with E-state index in [4.69, 9.17) is 32.7 Å². The number of hydrogen-bond acceptors (Lipinski definition) is 6. The number of carbonyl (C=O) groups excluding carboxylic acids is 2. The summed E-state index contributed by atoms with van der Waals surface area (Å²) in [5, 5.41) is 7.13. The lowest BCUT2D eigenvalue weighted by atomic mass is 10.0. The van der Waals surface area contributed by atoms with Gasteiger partial charge in [-0.05, 0) is 83.9 Å². The van der Waals surface area contributed by atoms with E-state index in [-0.39, 0.29) is 23.3 Å². The number of amides is 2. The molecule has 0 saturated heterocycles. The maximum atomic E-state index is 12.6. The average molecular weight is 614 g/mol. The second kappa shape index (κ2) is 14.4. The number of rotatable bonds is 11. The number of hydrogen-bond donors (Lipinski definition) is 2. The Kier molecular flexibility index (Phi) is 10.7. The molecule has 0 atom stereocenters. The molecular weight excluding hydrogens is 587 g/mol. The first-order valence-corrected chi connectivity index (χ1v) is 14.8. The van der Waals surface area contributed by atoms with Gasteiger partial charge in [-0.15, -0.1) is 23.5 Å². The molecule has 0 aromatic heterocycles. The van der Waals surface area contributed by atoms with Crippen molar-refractivity contribution in [1.29, 1.82) is 0 Å². The fourth-order valence-corrected chi connectivity index (χ4v) is 5.33. The lowest BCUT2D eigenvalue weighted by molar-refractivity contribution is -0.114. The molecule has 0 bridgehead atoms. The van der Waals surface area contributed by atoms with Crippen LogP contribution in [0.4, 0.5) is 11.4 Å². The van der Waals surface area contributed by atoms with Crippen LogP contribution in [-0.2, 0) is 9.59 Å². The van der Waals surface area contributed by atoms with Crippen LogP contribution >= 0.6 is 46.7 Å². The number of carbonyl (C=O) groups is 2. The molecule has 6 nitrogen and oxygen atoms in total. The molecule has 0 spiro atoms. The number of anilines is 2. The van der Waals surface area contributed by atoms with E-state index in [1.807, 2.05) is 48.5 Å². The minimum Gasteiger partial charge on any atom is -0.495 e. The lowest BCUT2D eigenvalue weighted by Gasteiger charge is -2.14. The number of benzene rings is 4. The van der Waals surface area contributed by atoms with Crippen LogP contribution in [0.3, 0.4) is 0 Å². The Morgan fingerprint density at radius 3 is 1.35 bits per heavy atom. The van der Waals surface area contributed by atoms with E-state index in [0.717, 1.165) is 20.9 Å². The van der Waals surface area contributed by atoms with Gasteiger partial charge in [-0.25, -0.2) is 0 Å². The van der Waals surface area contributed by atoms with E-state index in [1.54, 1.807) is 50.6 Å². The molecule has 10 heteroatoms. The maximum absolute atomic E-state index is 12.6. The highest BCUT2D eigenvalue weighted by Gasteiger charge is 2.13. The standard InChI is InChI=1S/C30H26Cl2N2O4S2/c1-37-27-15-19(3-13-25(27)33-29(35)17-39-23-9-5-21(31)6-10-23)20-4-14-26(28(16-20)38-2)34-30(36)18-40-24-11-7-22(32)8-12-24/h3-16H,17-18H2,1-2H3,(H,33,35)(H,34,36). The first-order valence-electron chi connectivity index (χ1n) is 12.1. The number of methoxy groups -OCH3 is 2. The third-order valence-corrected chi connectivity index (χ3v) is 8.18. The highest BCUT2D eigenvalue weighted by Crippen LogP contribution is 2.35. The predicted octanol–water partition coefficient (Wildman–Crippen LogP) is 8.14. The third-order valence-electron chi connectivity index (χ3n) is 5.65. The van der Waals surface area contributed by atoms with Crippen LogP contribution in [0.25, 0.3) is 11.1 Å². The average Bonchev–Trinajstić information content (AvgIpc) is 2.97. The molecule has 4 aromatic rings. The Balaban J connectivity index is 1.39.